The minimum absolute atomic E-state index is 0.744. The third-order valence-electron chi connectivity index (χ3n) is 7.95. The van der Waals surface area contributed by atoms with Gasteiger partial charge in [-0.2, -0.15) is 4.57 Å². The monoisotopic (exact) mass is 377 g/mol. The summed E-state index contributed by atoms with van der Waals surface area (Å²) in [7, 11) is 0. The van der Waals surface area contributed by atoms with Crippen molar-refractivity contribution in [2.75, 3.05) is 0 Å². The lowest BCUT2D eigenvalue weighted by atomic mass is 10.0. The van der Waals surface area contributed by atoms with Gasteiger partial charge in [0.1, 0.15) is 23.1 Å². The third-order valence-corrected chi connectivity index (χ3v) is 7.95. The van der Waals surface area contributed by atoms with Crippen molar-refractivity contribution in [2.45, 2.75) is 109 Å². The average molecular weight is 378 g/mol. The minimum Gasteiger partial charge on any atom is -0.228 e. The number of hydrogen-bond donors (Lipinski definition) is 0. The Morgan fingerprint density at radius 3 is 1.96 bits per heavy atom. The number of para-hydroxylation sites is 1. The second-order valence-electron chi connectivity index (χ2n) is 9.72. The maximum atomic E-state index is 2.93. The average Bonchev–Trinajstić information content (AvgIpc) is 3.48. The van der Waals surface area contributed by atoms with Gasteiger partial charge < -0.3 is 0 Å². The molecule has 2 aromatic rings. The second kappa shape index (κ2) is 7.69. The van der Waals surface area contributed by atoms with Crippen molar-refractivity contribution in [3.63, 3.8) is 0 Å². The summed E-state index contributed by atoms with van der Waals surface area (Å²) in [5.41, 5.74) is 6.11. The van der Waals surface area contributed by atoms with Gasteiger partial charge in [0.05, 0.1) is 5.92 Å². The quantitative estimate of drug-likeness (QED) is 0.517. The van der Waals surface area contributed by atoms with Crippen LogP contribution in [0.4, 0.5) is 0 Å². The van der Waals surface area contributed by atoms with Crippen molar-refractivity contribution < 1.29 is 4.57 Å². The van der Waals surface area contributed by atoms with Crippen LogP contribution in [0.5, 0.6) is 0 Å². The summed E-state index contributed by atoms with van der Waals surface area (Å²) in [5.74, 6) is 3.19. The fourth-order valence-electron chi connectivity index (χ4n) is 6.61. The van der Waals surface area contributed by atoms with Gasteiger partial charge in [0, 0.05) is 12.8 Å². The first-order valence-corrected chi connectivity index (χ1v) is 12.0. The highest BCUT2D eigenvalue weighted by Crippen LogP contribution is 2.42. The molecule has 3 aliphatic carbocycles. The smallest absolute Gasteiger partial charge is 0.228 e. The second-order valence-corrected chi connectivity index (χ2v) is 9.72. The van der Waals surface area contributed by atoms with Gasteiger partial charge in [-0.25, -0.2) is 4.57 Å². The molecule has 0 unspecified atom stereocenters. The normalized spacial score (nSPS) is 21.9. The van der Waals surface area contributed by atoms with Crippen molar-refractivity contribution in [2.24, 2.45) is 0 Å². The highest BCUT2D eigenvalue weighted by molar-refractivity contribution is 5.43. The van der Waals surface area contributed by atoms with Crippen LogP contribution in [0.15, 0.2) is 24.3 Å². The predicted octanol–water partition coefficient (Wildman–Crippen LogP) is 6.81. The lowest BCUT2D eigenvalue weighted by Crippen LogP contribution is -2.46. The molecule has 28 heavy (non-hydrogen) atoms. The third kappa shape index (κ3) is 3.04. The van der Waals surface area contributed by atoms with Gasteiger partial charge in [-0.05, 0) is 69.9 Å². The van der Waals surface area contributed by atoms with E-state index in [9.17, 15) is 0 Å². The van der Waals surface area contributed by atoms with Crippen LogP contribution in [0, 0.1) is 13.8 Å². The molecule has 150 valence electrons. The van der Waals surface area contributed by atoms with Gasteiger partial charge in [0.15, 0.2) is 0 Å². The van der Waals surface area contributed by atoms with Crippen molar-refractivity contribution in [1.82, 2.24) is 4.57 Å². The van der Waals surface area contributed by atoms with Crippen LogP contribution in [0.3, 0.4) is 0 Å². The molecule has 0 radical (unpaired) electrons. The molecule has 0 saturated heterocycles. The van der Waals surface area contributed by atoms with Crippen LogP contribution >= 0.6 is 0 Å². The van der Waals surface area contributed by atoms with E-state index in [0.717, 1.165) is 17.9 Å². The van der Waals surface area contributed by atoms with Gasteiger partial charge >= 0.3 is 0 Å². The number of hydrogen-bond acceptors (Lipinski definition) is 0. The van der Waals surface area contributed by atoms with Crippen LogP contribution in [-0.2, 0) is 0 Å². The van der Waals surface area contributed by atoms with E-state index in [1.165, 1.54) is 88.3 Å². The summed E-state index contributed by atoms with van der Waals surface area (Å²) in [6.45, 7) is 4.73. The summed E-state index contributed by atoms with van der Waals surface area (Å²) < 4.78 is 5.65. The van der Waals surface area contributed by atoms with E-state index in [4.69, 9.17) is 0 Å². The first-order valence-electron chi connectivity index (χ1n) is 12.0. The van der Waals surface area contributed by atoms with E-state index in [-0.39, 0.29) is 0 Å². The topological polar surface area (TPSA) is 8.81 Å². The Morgan fingerprint density at radius 1 is 0.750 bits per heavy atom. The molecule has 1 heterocycles. The lowest BCUT2D eigenvalue weighted by Gasteiger charge is -2.18. The van der Waals surface area contributed by atoms with Crippen molar-refractivity contribution in [3.05, 3.63) is 47.0 Å². The van der Waals surface area contributed by atoms with E-state index >= 15 is 0 Å². The Kier molecular flexibility index (Phi) is 5.07. The number of aryl methyl sites for hydroxylation is 1. The van der Waals surface area contributed by atoms with Crippen LogP contribution in [0.1, 0.15) is 118 Å². The molecule has 2 nitrogen and oxygen atoms in total. The summed E-state index contributed by atoms with van der Waals surface area (Å²) in [6.07, 6.45) is 16.8. The molecule has 1 aromatic heterocycles. The number of benzene rings is 1. The highest BCUT2D eigenvalue weighted by atomic mass is 15.2. The fraction of sp³-hybridized carbons (Fsp3) is 0.654. The summed E-state index contributed by atoms with van der Waals surface area (Å²) >= 11 is 0. The molecular formula is C26H37N2+. The molecule has 3 fully saturated rings. The number of imidazole rings is 1. The molecule has 0 bridgehead atoms. The van der Waals surface area contributed by atoms with Crippen LogP contribution in [0.2, 0.25) is 0 Å². The van der Waals surface area contributed by atoms with E-state index < -0.39 is 0 Å². The Morgan fingerprint density at radius 2 is 1.32 bits per heavy atom. The molecule has 0 atom stereocenters. The molecule has 1 aromatic carbocycles. The van der Waals surface area contributed by atoms with E-state index in [0.29, 0.717) is 0 Å². The zero-order valence-electron chi connectivity index (χ0n) is 17.9. The molecule has 0 N–H and O–H groups in total. The zero-order valence-corrected chi connectivity index (χ0v) is 17.9. The Bertz CT molecular complexity index is 828. The summed E-state index contributed by atoms with van der Waals surface area (Å²) in [4.78, 5) is 0. The molecule has 5 rings (SSSR count). The molecule has 3 saturated carbocycles. The molecule has 0 spiro atoms. The van der Waals surface area contributed by atoms with E-state index in [2.05, 4.69) is 47.2 Å². The van der Waals surface area contributed by atoms with Crippen LogP contribution in [0.25, 0.3) is 5.69 Å². The summed E-state index contributed by atoms with van der Waals surface area (Å²) in [6, 6.07) is 9.82. The molecular weight excluding hydrogens is 340 g/mol. The van der Waals surface area contributed by atoms with Crippen molar-refractivity contribution >= 4 is 0 Å². The first kappa shape index (κ1) is 18.5. The van der Waals surface area contributed by atoms with Crippen LogP contribution in [-0.4, -0.2) is 4.57 Å². The number of nitrogens with zero attached hydrogens (tertiary/aromatic N) is 2. The van der Waals surface area contributed by atoms with Gasteiger partial charge in [0.2, 0.25) is 0 Å². The largest absolute Gasteiger partial charge is 0.265 e. The predicted molar refractivity (Wildman–Crippen MR) is 115 cm³/mol. The minimum atomic E-state index is 0.744. The van der Waals surface area contributed by atoms with Crippen LogP contribution < -0.4 is 4.57 Å². The van der Waals surface area contributed by atoms with Crippen molar-refractivity contribution in [1.29, 1.82) is 0 Å². The Balaban J connectivity index is 1.77. The van der Waals surface area contributed by atoms with Gasteiger partial charge in [0.25, 0.3) is 5.82 Å². The standard InChI is InChI=1S/C26H37N2/c1-19-11-3-10-18-24(19)27-20(2)25(21-12-4-5-13-21)28(23-16-8-9-17-23)26(27)22-14-6-7-15-22/h3,10-11,18,21-23H,4-9,12-17H2,1-2H3/q+1. The van der Waals surface area contributed by atoms with Crippen molar-refractivity contribution in [3.8, 4) is 5.69 Å². The molecule has 0 amide bonds. The maximum Gasteiger partial charge on any atom is 0.265 e. The van der Waals surface area contributed by atoms with E-state index in [1.807, 2.05) is 0 Å². The highest BCUT2D eigenvalue weighted by Gasteiger charge is 2.42. The zero-order chi connectivity index (χ0) is 19.1. The maximum absolute atomic E-state index is 2.93. The van der Waals surface area contributed by atoms with Gasteiger partial charge in [-0.1, -0.05) is 43.9 Å². The number of aromatic nitrogens is 2. The Hall–Kier alpha value is -1.57. The Labute approximate surface area is 171 Å². The number of rotatable bonds is 4. The fourth-order valence-corrected chi connectivity index (χ4v) is 6.61. The van der Waals surface area contributed by atoms with Gasteiger partial charge in [-0.3, -0.25) is 0 Å². The molecule has 2 heteroatoms. The SMILES string of the molecule is Cc1ccccc1-n1c(C)c(C2CCCC2)[n+](C2CCCC2)c1C1CCCC1. The molecule has 0 aliphatic heterocycles. The van der Waals surface area contributed by atoms with E-state index in [1.54, 1.807) is 17.2 Å². The lowest BCUT2D eigenvalue weighted by molar-refractivity contribution is -0.736. The first-order chi connectivity index (χ1) is 13.8. The molecule has 3 aliphatic rings. The summed E-state index contributed by atoms with van der Waals surface area (Å²) in [5, 5.41) is 0. The van der Waals surface area contributed by atoms with Gasteiger partial charge in [-0.15, -0.1) is 0 Å².